The van der Waals surface area contributed by atoms with E-state index in [-0.39, 0.29) is 22.6 Å². The molecule has 0 atom stereocenters. The first-order valence-electron chi connectivity index (χ1n) is 6.82. The lowest BCUT2D eigenvalue weighted by Gasteiger charge is -2.00. The minimum atomic E-state index is -0.714. The summed E-state index contributed by atoms with van der Waals surface area (Å²) in [6, 6.07) is 3.73. The number of halogens is 2. The molecule has 0 aliphatic rings. The quantitative estimate of drug-likeness (QED) is 0.625. The normalized spacial score (nSPS) is 10.3. The third kappa shape index (κ3) is 2.75. The number of hydrogen-bond donors (Lipinski definition) is 3. The SMILES string of the molecule is CNc1n[nH]c(C#Cc2cc3ncc(F)cc3cc2F)c1C(N)=O. The van der Waals surface area contributed by atoms with E-state index in [0.717, 1.165) is 12.3 Å². The van der Waals surface area contributed by atoms with Gasteiger partial charge in [0.1, 0.15) is 22.9 Å². The van der Waals surface area contributed by atoms with Gasteiger partial charge in [0.2, 0.25) is 0 Å². The molecule has 0 spiro atoms. The Bertz CT molecular complexity index is 1020. The van der Waals surface area contributed by atoms with Gasteiger partial charge < -0.3 is 11.1 Å². The number of nitrogens with two attached hydrogens (primary N) is 1. The second-order valence-electron chi connectivity index (χ2n) is 4.86. The summed E-state index contributed by atoms with van der Waals surface area (Å²) in [5, 5.41) is 9.46. The van der Waals surface area contributed by atoms with Gasteiger partial charge in [-0.2, -0.15) is 5.10 Å². The van der Waals surface area contributed by atoms with Crippen molar-refractivity contribution in [2.24, 2.45) is 5.73 Å². The van der Waals surface area contributed by atoms with Gasteiger partial charge in [0.25, 0.3) is 5.91 Å². The first kappa shape index (κ1) is 15.4. The summed E-state index contributed by atoms with van der Waals surface area (Å²) in [6.07, 6.45) is 1.04. The molecule has 8 heteroatoms. The van der Waals surface area contributed by atoms with Crippen molar-refractivity contribution in [2.75, 3.05) is 12.4 Å². The summed E-state index contributed by atoms with van der Waals surface area (Å²) in [7, 11) is 1.58. The zero-order chi connectivity index (χ0) is 17.3. The molecule has 2 aromatic heterocycles. The maximum absolute atomic E-state index is 14.1. The number of H-pyrrole nitrogens is 1. The maximum Gasteiger partial charge on any atom is 0.255 e. The van der Waals surface area contributed by atoms with Crippen molar-refractivity contribution in [3.8, 4) is 11.8 Å². The molecule has 120 valence electrons. The van der Waals surface area contributed by atoms with Crippen LogP contribution >= 0.6 is 0 Å². The number of benzene rings is 1. The number of primary amides is 1. The van der Waals surface area contributed by atoms with Crippen LogP contribution in [0.3, 0.4) is 0 Å². The number of nitrogens with zero attached hydrogens (tertiary/aromatic N) is 2. The Labute approximate surface area is 135 Å². The number of aromatic nitrogens is 3. The molecule has 2 heterocycles. The molecule has 4 N–H and O–H groups in total. The highest BCUT2D eigenvalue weighted by Gasteiger charge is 2.16. The van der Waals surface area contributed by atoms with Crippen molar-refractivity contribution in [2.45, 2.75) is 0 Å². The monoisotopic (exact) mass is 327 g/mol. The van der Waals surface area contributed by atoms with E-state index in [2.05, 4.69) is 32.3 Å². The standard InChI is InChI=1S/C16H11F2N5O/c1-20-16-14(15(19)24)12(22-23-16)3-2-8-6-13-9(5-11(8)18)4-10(17)7-21-13/h4-7H,1H3,(H2,19,24)(H2,20,22,23). The number of hydrogen-bond acceptors (Lipinski definition) is 4. The fourth-order valence-corrected chi connectivity index (χ4v) is 2.20. The van der Waals surface area contributed by atoms with Gasteiger partial charge in [0.05, 0.1) is 17.3 Å². The molecule has 0 unspecified atom stereocenters. The fourth-order valence-electron chi connectivity index (χ4n) is 2.20. The van der Waals surface area contributed by atoms with Crippen LogP contribution in [0.5, 0.6) is 0 Å². The van der Waals surface area contributed by atoms with Crippen LogP contribution in [0.2, 0.25) is 0 Å². The highest BCUT2D eigenvalue weighted by Crippen LogP contribution is 2.19. The molecule has 3 rings (SSSR count). The number of pyridine rings is 1. The third-order valence-electron chi connectivity index (χ3n) is 3.31. The lowest BCUT2D eigenvalue weighted by molar-refractivity contribution is 0.100. The smallest absolute Gasteiger partial charge is 0.255 e. The Kier molecular flexibility index (Phi) is 3.83. The lowest BCUT2D eigenvalue weighted by Crippen LogP contribution is -2.13. The molecular weight excluding hydrogens is 316 g/mol. The molecular formula is C16H11F2N5O. The maximum atomic E-state index is 14.1. The van der Waals surface area contributed by atoms with Crippen molar-refractivity contribution < 1.29 is 13.6 Å². The molecule has 6 nitrogen and oxygen atoms in total. The molecule has 3 aromatic rings. The number of carbonyl (C=O) groups is 1. The van der Waals surface area contributed by atoms with Crippen LogP contribution in [0.1, 0.15) is 21.6 Å². The Hall–Kier alpha value is -3.47. The molecule has 1 amide bonds. The molecule has 0 fully saturated rings. The van der Waals surface area contributed by atoms with Gasteiger partial charge in [-0.05, 0) is 24.1 Å². The van der Waals surface area contributed by atoms with Crippen LogP contribution in [-0.2, 0) is 0 Å². The van der Waals surface area contributed by atoms with Gasteiger partial charge in [-0.15, -0.1) is 0 Å². The molecule has 0 saturated carbocycles. The van der Waals surface area contributed by atoms with E-state index in [1.54, 1.807) is 7.05 Å². The Morgan fingerprint density at radius 1 is 1.29 bits per heavy atom. The molecule has 0 saturated heterocycles. The first-order valence-corrected chi connectivity index (χ1v) is 6.82. The average molecular weight is 327 g/mol. The predicted octanol–water partition coefficient (Wildman–Crippen LogP) is 1.78. The number of amides is 1. The first-order chi connectivity index (χ1) is 11.5. The van der Waals surface area contributed by atoms with Gasteiger partial charge in [0.15, 0.2) is 5.82 Å². The van der Waals surface area contributed by atoms with Crippen molar-refractivity contribution in [1.29, 1.82) is 0 Å². The van der Waals surface area contributed by atoms with E-state index in [1.165, 1.54) is 12.1 Å². The Morgan fingerprint density at radius 3 is 2.79 bits per heavy atom. The third-order valence-corrected chi connectivity index (χ3v) is 3.31. The van der Waals surface area contributed by atoms with Crippen molar-refractivity contribution in [1.82, 2.24) is 15.2 Å². The zero-order valence-electron chi connectivity index (χ0n) is 12.4. The number of nitrogens with one attached hydrogen (secondary N) is 2. The Morgan fingerprint density at radius 2 is 2.08 bits per heavy atom. The summed E-state index contributed by atoms with van der Waals surface area (Å²) in [4.78, 5) is 15.4. The number of anilines is 1. The summed E-state index contributed by atoms with van der Waals surface area (Å²) >= 11 is 0. The largest absolute Gasteiger partial charge is 0.371 e. The summed E-state index contributed by atoms with van der Waals surface area (Å²) < 4.78 is 27.2. The molecule has 0 aliphatic carbocycles. The molecule has 24 heavy (non-hydrogen) atoms. The van der Waals surface area contributed by atoms with Gasteiger partial charge in [-0.1, -0.05) is 5.92 Å². The molecule has 0 bridgehead atoms. The van der Waals surface area contributed by atoms with Gasteiger partial charge in [-0.3, -0.25) is 14.9 Å². The lowest BCUT2D eigenvalue weighted by atomic mass is 10.1. The summed E-state index contributed by atoms with van der Waals surface area (Å²) in [5.41, 5.74) is 6.01. The van der Waals surface area contributed by atoms with Gasteiger partial charge in [0, 0.05) is 12.4 Å². The molecule has 1 aromatic carbocycles. The molecule has 0 aliphatic heterocycles. The van der Waals surface area contributed by atoms with E-state index in [1.807, 2.05) is 0 Å². The number of aromatic amines is 1. The van der Waals surface area contributed by atoms with E-state index < -0.39 is 17.5 Å². The number of carbonyl (C=O) groups excluding carboxylic acids is 1. The second kappa shape index (κ2) is 5.96. The summed E-state index contributed by atoms with van der Waals surface area (Å²) in [5.74, 6) is 3.59. The van der Waals surface area contributed by atoms with E-state index in [9.17, 15) is 13.6 Å². The van der Waals surface area contributed by atoms with Gasteiger partial charge in [-0.25, -0.2) is 8.78 Å². The van der Waals surface area contributed by atoms with Crippen molar-refractivity contribution in [3.63, 3.8) is 0 Å². The van der Waals surface area contributed by atoms with E-state index in [4.69, 9.17) is 5.73 Å². The minimum absolute atomic E-state index is 0.0534. The minimum Gasteiger partial charge on any atom is -0.371 e. The molecule has 0 radical (unpaired) electrons. The second-order valence-corrected chi connectivity index (χ2v) is 4.86. The van der Waals surface area contributed by atoms with E-state index in [0.29, 0.717) is 10.9 Å². The highest BCUT2D eigenvalue weighted by molar-refractivity contribution is 5.99. The van der Waals surface area contributed by atoms with Crippen LogP contribution in [0, 0.1) is 23.5 Å². The number of fused-ring (bicyclic) bond motifs is 1. The van der Waals surface area contributed by atoms with Gasteiger partial charge >= 0.3 is 0 Å². The van der Waals surface area contributed by atoms with Crippen LogP contribution in [0.4, 0.5) is 14.6 Å². The topological polar surface area (TPSA) is 96.7 Å². The summed E-state index contributed by atoms with van der Waals surface area (Å²) in [6.45, 7) is 0. The van der Waals surface area contributed by atoms with Crippen LogP contribution in [-0.4, -0.2) is 28.1 Å². The van der Waals surface area contributed by atoms with E-state index >= 15 is 0 Å². The average Bonchev–Trinajstić information content (AvgIpc) is 2.96. The van der Waals surface area contributed by atoms with Crippen molar-refractivity contribution in [3.05, 3.63) is 52.9 Å². The fraction of sp³-hybridized carbons (Fsp3) is 0.0625. The predicted molar refractivity (Wildman–Crippen MR) is 84.3 cm³/mol. The zero-order valence-corrected chi connectivity index (χ0v) is 12.4. The van der Waals surface area contributed by atoms with Crippen LogP contribution in [0.25, 0.3) is 10.9 Å². The number of rotatable bonds is 2. The van der Waals surface area contributed by atoms with Crippen molar-refractivity contribution >= 4 is 22.6 Å². The van der Waals surface area contributed by atoms with Crippen LogP contribution in [0.15, 0.2) is 24.4 Å². The highest BCUT2D eigenvalue weighted by atomic mass is 19.1. The van der Waals surface area contributed by atoms with Crippen LogP contribution < -0.4 is 11.1 Å². The Balaban J connectivity index is 2.07.